The summed E-state index contributed by atoms with van der Waals surface area (Å²) in [5.74, 6) is 3.24. The first-order valence-corrected chi connectivity index (χ1v) is 15.3. The average Bonchev–Trinajstić information content (AvgIpc) is 3.64. The van der Waals surface area contributed by atoms with Gasteiger partial charge < -0.3 is 4.74 Å². The van der Waals surface area contributed by atoms with Gasteiger partial charge in [-0.1, -0.05) is 70.2 Å². The molecule has 0 N–H and O–H groups in total. The predicted octanol–water partition coefficient (Wildman–Crippen LogP) is 10.4. The Balaban J connectivity index is 1.25. The van der Waals surface area contributed by atoms with E-state index in [4.69, 9.17) is 14.8 Å². The first kappa shape index (κ1) is 27.7. The number of pyridine rings is 1. The lowest BCUT2D eigenvalue weighted by molar-refractivity contribution is 0.483. The van der Waals surface area contributed by atoms with Crippen LogP contribution in [0.4, 0.5) is 0 Å². The summed E-state index contributed by atoms with van der Waals surface area (Å²) in [6.45, 7) is 11.1. The molecule has 4 aromatic carbocycles. The molecule has 218 valence electrons. The third kappa shape index (κ3) is 4.94. The van der Waals surface area contributed by atoms with Crippen molar-refractivity contribution < 1.29 is 4.74 Å². The van der Waals surface area contributed by atoms with E-state index in [-0.39, 0.29) is 0 Å². The van der Waals surface area contributed by atoms with Crippen LogP contribution < -0.4 is 4.74 Å². The number of hydrogen-bond acceptors (Lipinski definition) is 3. The minimum Gasteiger partial charge on any atom is -0.457 e. The Bertz CT molecular complexity index is 2110. The maximum absolute atomic E-state index is 6.48. The Morgan fingerprint density at radius 3 is 2.18 bits per heavy atom. The molecule has 0 aliphatic carbocycles. The highest BCUT2D eigenvalue weighted by atomic mass is 16.5. The number of benzene rings is 4. The van der Waals surface area contributed by atoms with Gasteiger partial charge in [-0.25, -0.2) is 9.67 Å². The molecule has 0 fully saturated rings. The maximum atomic E-state index is 6.48. The lowest BCUT2D eigenvalue weighted by Crippen LogP contribution is -1.99. The van der Waals surface area contributed by atoms with Crippen molar-refractivity contribution in [1.82, 2.24) is 19.3 Å². The summed E-state index contributed by atoms with van der Waals surface area (Å²) in [6, 6.07) is 33.6. The van der Waals surface area contributed by atoms with Crippen molar-refractivity contribution in [1.29, 1.82) is 0 Å². The molecule has 0 saturated carbocycles. The Morgan fingerprint density at radius 2 is 1.41 bits per heavy atom. The first-order chi connectivity index (χ1) is 21.4. The van der Waals surface area contributed by atoms with Gasteiger partial charge in [0, 0.05) is 40.9 Å². The molecule has 0 aliphatic heterocycles. The minimum atomic E-state index is 0.418. The van der Waals surface area contributed by atoms with E-state index in [9.17, 15) is 0 Å². The van der Waals surface area contributed by atoms with Crippen LogP contribution in [0.2, 0.25) is 0 Å². The Morgan fingerprint density at radius 1 is 0.682 bits per heavy atom. The highest BCUT2D eigenvalue weighted by molar-refractivity contribution is 6.09. The second-order valence-corrected chi connectivity index (χ2v) is 12.1. The summed E-state index contributed by atoms with van der Waals surface area (Å²) in [6.07, 6.45) is 5.97. The zero-order valence-corrected chi connectivity index (χ0v) is 25.8. The summed E-state index contributed by atoms with van der Waals surface area (Å²) in [5, 5.41) is 7.13. The zero-order valence-electron chi connectivity index (χ0n) is 25.8. The standard InChI is InChI=1S/C39H36N4O/c1-25(2)32-13-9-14-33(26(3)4)39(32)28-23-41-42(24-28)29-10-8-11-30(21-29)44-31-16-17-35-34-12-6-7-15-36(34)43(37(35)22-31)38-20-27(5)18-19-40-38/h6-26H,1-5H3. The molecule has 0 unspecified atom stereocenters. The van der Waals surface area contributed by atoms with Gasteiger partial charge in [0.05, 0.1) is 22.9 Å². The number of aryl methyl sites for hydroxylation is 1. The Labute approximate surface area is 258 Å². The fraction of sp³-hybridized carbons (Fsp3) is 0.179. The molecule has 0 aliphatic rings. The van der Waals surface area contributed by atoms with Crippen LogP contribution in [0.1, 0.15) is 56.2 Å². The number of ether oxygens (including phenoxy) is 1. The van der Waals surface area contributed by atoms with Gasteiger partial charge in [0.2, 0.25) is 0 Å². The van der Waals surface area contributed by atoms with Crippen LogP contribution in [0.5, 0.6) is 11.5 Å². The average molecular weight is 577 g/mol. The molecule has 0 saturated heterocycles. The fourth-order valence-corrected chi connectivity index (χ4v) is 6.21. The second-order valence-electron chi connectivity index (χ2n) is 12.1. The van der Waals surface area contributed by atoms with Crippen LogP contribution in [-0.4, -0.2) is 19.3 Å². The molecule has 0 amide bonds. The number of hydrogen-bond donors (Lipinski definition) is 0. The van der Waals surface area contributed by atoms with Gasteiger partial charge in [-0.2, -0.15) is 5.10 Å². The van der Waals surface area contributed by atoms with E-state index >= 15 is 0 Å². The van der Waals surface area contributed by atoms with E-state index in [2.05, 4.69) is 112 Å². The van der Waals surface area contributed by atoms with Gasteiger partial charge in [0.1, 0.15) is 17.3 Å². The molecule has 0 atom stereocenters. The molecule has 7 rings (SSSR count). The lowest BCUT2D eigenvalue weighted by atomic mass is 9.86. The molecule has 3 aromatic heterocycles. The monoisotopic (exact) mass is 576 g/mol. The fourth-order valence-electron chi connectivity index (χ4n) is 6.21. The first-order valence-electron chi connectivity index (χ1n) is 15.3. The maximum Gasteiger partial charge on any atom is 0.137 e. The number of fused-ring (bicyclic) bond motifs is 3. The number of nitrogens with zero attached hydrogens (tertiary/aromatic N) is 4. The van der Waals surface area contributed by atoms with Crippen molar-refractivity contribution in [3.8, 4) is 34.1 Å². The lowest BCUT2D eigenvalue weighted by Gasteiger charge is -2.18. The van der Waals surface area contributed by atoms with Gasteiger partial charge in [0.25, 0.3) is 0 Å². The highest BCUT2D eigenvalue weighted by Gasteiger charge is 2.18. The molecule has 7 aromatic rings. The van der Waals surface area contributed by atoms with E-state index in [0.717, 1.165) is 45.0 Å². The van der Waals surface area contributed by atoms with Crippen molar-refractivity contribution in [3.05, 3.63) is 132 Å². The van der Waals surface area contributed by atoms with Crippen molar-refractivity contribution in [3.63, 3.8) is 0 Å². The van der Waals surface area contributed by atoms with Crippen molar-refractivity contribution >= 4 is 21.8 Å². The van der Waals surface area contributed by atoms with E-state index in [1.165, 1.54) is 27.6 Å². The molecular formula is C39H36N4O. The molecule has 0 bridgehead atoms. The predicted molar refractivity (Wildman–Crippen MR) is 181 cm³/mol. The Hall–Kier alpha value is -5.16. The van der Waals surface area contributed by atoms with E-state index in [0.29, 0.717) is 11.8 Å². The molecular weight excluding hydrogens is 540 g/mol. The van der Waals surface area contributed by atoms with Crippen LogP contribution in [0.25, 0.3) is 44.4 Å². The number of para-hydroxylation sites is 1. The van der Waals surface area contributed by atoms with Gasteiger partial charge in [0.15, 0.2) is 0 Å². The van der Waals surface area contributed by atoms with Crippen molar-refractivity contribution in [2.75, 3.05) is 0 Å². The van der Waals surface area contributed by atoms with Gasteiger partial charge >= 0.3 is 0 Å². The van der Waals surface area contributed by atoms with E-state index < -0.39 is 0 Å². The summed E-state index contributed by atoms with van der Waals surface area (Å²) < 4.78 is 10.6. The summed E-state index contributed by atoms with van der Waals surface area (Å²) in [4.78, 5) is 4.71. The minimum absolute atomic E-state index is 0.418. The van der Waals surface area contributed by atoms with Crippen molar-refractivity contribution in [2.24, 2.45) is 0 Å². The summed E-state index contributed by atoms with van der Waals surface area (Å²) >= 11 is 0. The SMILES string of the molecule is Cc1ccnc(-n2c3ccccc3c3ccc(Oc4cccc(-n5cc(-c6c(C(C)C)cccc6C(C)C)cn5)c4)cc32)c1. The van der Waals surface area contributed by atoms with E-state index in [1.54, 1.807) is 0 Å². The topological polar surface area (TPSA) is 44.9 Å². The van der Waals surface area contributed by atoms with Gasteiger partial charge in [-0.05, 0) is 83.5 Å². The molecule has 0 radical (unpaired) electrons. The molecule has 5 heteroatoms. The van der Waals surface area contributed by atoms with Gasteiger partial charge in [-0.3, -0.25) is 4.57 Å². The molecule has 5 nitrogen and oxygen atoms in total. The van der Waals surface area contributed by atoms with Crippen LogP contribution in [0.3, 0.4) is 0 Å². The summed E-state index contributed by atoms with van der Waals surface area (Å²) in [5.41, 5.74) is 9.41. The smallest absolute Gasteiger partial charge is 0.137 e. The molecule has 0 spiro atoms. The zero-order chi connectivity index (χ0) is 30.4. The normalized spacial score (nSPS) is 11.7. The quantitative estimate of drug-likeness (QED) is 0.190. The molecule has 44 heavy (non-hydrogen) atoms. The van der Waals surface area contributed by atoms with E-state index in [1.807, 2.05) is 47.4 Å². The molecule has 3 heterocycles. The van der Waals surface area contributed by atoms with Crippen LogP contribution in [0.15, 0.2) is 116 Å². The van der Waals surface area contributed by atoms with Gasteiger partial charge in [-0.15, -0.1) is 0 Å². The van der Waals surface area contributed by atoms with Crippen molar-refractivity contribution in [2.45, 2.75) is 46.5 Å². The number of rotatable bonds is 7. The van der Waals surface area contributed by atoms with Crippen LogP contribution in [-0.2, 0) is 0 Å². The third-order valence-corrected chi connectivity index (χ3v) is 8.34. The summed E-state index contributed by atoms with van der Waals surface area (Å²) in [7, 11) is 0. The third-order valence-electron chi connectivity index (χ3n) is 8.34. The Kier molecular flexibility index (Phi) is 7.01. The van der Waals surface area contributed by atoms with Crippen LogP contribution >= 0.6 is 0 Å². The highest BCUT2D eigenvalue weighted by Crippen LogP contribution is 2.37. The second kappa shape index (κ2) is 11.2. The van der Waals surface area contributed by atoms with Crippen LogP contribution in [0, 0.1) is 6.92 Å². The number of aromatic nitrogens is 4. The largest absolute Gasteiger partial charge is 0.457 e.